The number of carbonyl (C=O) groups excluding carboxylic acids is 1. The minimum atomic E-state index is -0.0391. The second-order valence-corrected chi connectivity index (χ2v) is 5.70. The van der Waals surface area contributed by atoms with E-state index in [2.05, 4.69) is 20.6 Å². The Labute approximate surface area is 121 Å². The number of rotatable bonds is 4. The average molecular weight is 291 g/mol. The second-order valence-electron chi connectivity index (χ2n) is 4.84. The Balaban J connectivity index is 1.72. The summed E-state index contributed by atoms with van der Waals surface area (Å²) in [5, 5.41) is 5.93. The van der Waals surface area contributed by atoms with Crippen molar-refractivity contribution in [3.05, 3.63) is 29.7 Å². The second kappa shape index (κ2) is 5.76. The zero-order valence-electron chi connectivity index (χ0n) is 11.3. The van der Waals surface area contributed by atoms with Crippen molar-refractivity contribution in [3.8, 4) is 10.6 Å². The predicted molar refractivity (Wildman–Crippen MR) is 77.3 cm³/mol. The Bertz CT molecular complexity index is 579. The molecule has 20 heavy (non-hydrogen) atoms. The monoisotopic (exact) mass is 291 g/mol. The summed E-state index contributed by atoms with van der Waals surface area (Å²) < 4.78 is 5.08. The van der Waals surface area contributed by atoms with Gasteiger partial charge in [0.15, 0.2) is 0 Å². The summed E-state index contributed by atoms with van der Waals surface area (Å²) in [6, 6.07) is 1.87. The van der Waals surface area contributed by atoms with Gasteiger partial charge in [-0.05, 0) is 12.5 Å². The van der Waals surface area contributed by atoms with Gasteiger partial charge in [-0.25, -0.2) is 4.98 Å². The zero-order valence-corrected chi connectivity index (χ0v) is 12.2. The van der Waals surface area contributed by atoms with Gasteiger partial charge in [0.25, 0.3) is 0 Å². The van der Waals surface area contributed by atoms with Crippen molar-refractivity contribution in [1.29, 1.82) is 0 Å². The van der Waals surface area contributed by atoms with E-state index in [-0.39, 0.29) is 11.9 Å². The minimum absolute atomic E-state index is 0.0391. The molecule has 1 amide bonds. The molecule has 2 aromatic rings. The van der Waals surface area contributed by atoms with Crippen molar-refractivity contribution in [1.82, 2.24) is 15.2 Å². The Morgan fingerprint density at radius 1 is 1.60 bits per heavy atom. The minimum Gasteiger partial charge on any atom is -0.472 e. The zero-order chi connectivity index (χ0) is 13.9. The number of furan rings is 1. The van der Waals surface area contributed by atoms with Gasteiger partial charge in [0.05, 0.1) is 18.0 Å². The molecule has 1 aliphatic rings. The fourth-order valence-electron chi connectivity index (χ4n) is 2.50. The molecule has 0 aromatic carbocycles. The van der Waals surface area contributed by atoms with E-state index < -0.39 is 0 Å². The van der Waals surface area contributed by atoms with Crippen molar-refractivity contribution < 1.29 is 9.21 Å². The van der Waals surface area contributed by atoms with Crippen LogP contribution in [0.25, 0.3) is 10.6 Å². The molecule has 5 nitrogen and oxygen atoms in total. The largest absolute Gasteiger partial charge is 0.472 e. The molecule has 3 rings (SSSR count). The molecule has 1 fully saturated rings. The molecule has 106 valence electrons. The third-order valence-electron chi connectivity index (χ3n) is 3.51. The normalized spacial score (nSPS) is 20.1. The first-order chi connectivity index (χ1) is 9.78. The van der Waals surface area contributed by atoms with Crippen LogP contribution < -0.4 is 5.32 Å². The lowest BCUT2D eigenvalue weighted by molar-refractivity contribution is -0.129. The van der Waals surface area contributed by atoms with Crippen LogP contribution in [-0.2, 0) is 11.3 Å². The van der Waals surface area contributed by atoms with Gasteiger partial charge in [-0.1, -0.05) is 6.92 Å². The van der Waals surface area contributed by atoms with Gasteiger partial charge in [0.2, 0.25) is 5.91 Å². The number of thiazole rings is 1. The lowest BCUT2D eigenvalue weighted by Gasteiger charge is -2.33. The highest BCUT2D eigenvalue weighted by molar-refractivity contribution is 7.13. The van der Waals surface area contributed by atoms with Crippen LogP contribution in [0.3, 0.4) is 0 Å². The molecule has 1 N–H and O–H groups in total. The first-order valence-electron chi connectivity index (χ1n) is 6.76. The Hall–Kier alpha value is -1.66. The number of hydrogen-bond acceptors (Lipinski definition) is 5. The summed E-state index contributed by atoms with van der Waals surface area (Å²) in [6.07, 6.45) is 4.18. The van der Waals surface area contributed by atoms with Gasteiger partial charge in [-0.15, -0.1) is 11.3 Å². The molecule has 3 heterocycles. The van der Waals surface area contributed by atoms with Crippen LogP contribution in [0.4, 0.5) is 0 Å². The molecule has 0 bridgehead atoms. The van der Waals surface area contributed by atoms with Crippen LogP contribution in [-0.4, -0.2) is 34.9 Å². The van der Waals surface area contributed by atoms with Crippen LogP contribution in [0.2, 0.25) is 0 Å². The van der Waals surface area contributed by atoms with Crippen LogP contribution in [0.1, 0.15) is 19.0 Å². The third-order valence-corrected chi connectivity index (χ3v) is 4.45. The Morgan fingerprint density at radius 2 is 2.50 bits per heavy atom. The SMILES string of the molecule is CC[C@H]1C(=O)NCCN1Cc1csc(-c2ccoc2)n1. The van der Waals surface area contributed by atoms with Gasteiger partial charge in [-0.3, -0.25) is 9.69 Å². The number of aromatic nitrogens is 1. The molecule has 1 saturated heterocycles. The molecule has 6 heteroatoms. The van der Waals surface area contributed by atoms with Gasteiger partial charge in [-0.2, -0.15) is 0 Å². The quantitative estimate of drug-likeness (QED) is 0.937. The van der Waals surface area contributed by atoms with E-state index in [0.29, 0.717) is 6.54 Å². The first-order valence-corrected chi connectivity index (χ1v) is 7.64. The van der Waals surface area contributed by atoms with E-state index in [0.717, 1.165) is 35.8 Å². The number of hydrogen-bond donors (Lipinski definition) is 1. The summed E-state index contributed by atoms with van der Waals surface area (Å²) in [4.78, 5) is 18.7. The maximum atomic E-state index is 11.8. The van der Waals surface area contributed by atoms with Crippen molar-refractivity contribution >= 4 is 17.2 Å². The molecule has 0 saturated carbocycles. The number of piperazine rings is 1. The lowest BCUT2D eigenvalue weighted by atomic mass is 10.1. The summed E-state index contributed by atoms with van der Waals surface area (Å²) in [5.41, 5.74) is 2.02. The highest BCUT2D eigenvalue weighted by atomic mass is 32.1. The number of nitrogens with one attached hydrogen (secondary N) is 1. The fourth-order valence-corrected chi connectivity index (χ4v) is 3.30. The van der Waals surface area contributed by atoms with E-state index in [4.69, 9.17) is 4.42 Å². The van der Waals surface area contributed by atoms with E-state index in [1.165, 1.54) is 0 Å². The van der Waals surface area contributed by atoms with Crippen molar-refractivity contribution in [3.63, 3.8) is 0 Å². The summed E-state index contributed by atoms with van der Waals surface area (Å²) >= 11 is 1.61. The van der Waals surface area contributed by atoms with Gasteiger partial charge in [0.1, 0.15) is 11.3 Å². The van der Waals surface area contributed by atoms with Crippen LogP contribution in [0, 0.1) is 0 Å². The topological polar surface area (TPSA) is 58.4 Å². The summed E-state index contributed by atoms with van der Waals surface area (Å²) in [6.45, 7) is 4.36. The van der Waals surface area contributed by atoms with E-state index >= 15 is 0 Å². The highest BCUT2D eigenvalue weighted by Gasteiger charge is 2.28. The Kier molecular flexibility index (Phi) is 3.84. The van der Waals surface area contributed by atoms with Crippen LogP contribution in [0.15, 0.2) is 28.4 Å². The number of nitrogens with zero attached hydrogens (tertiary/aromatic N) is 2. The number of carbonyl (C=O) groups is 1. The molecule has 0 unspecified atom stereocenters. The lowest BCUT2D eigenvalue weighted by Crippen LogP contribution is -2.54. The molecule has 2 aromatic heterocycles. The van der Waals surface area contributed by atoms with Crippen LogP contribution >= 0.6 is 11.3 Å². The van der Waals surface area contributed by atoms with Gasteiger partial charge >= 0.3 is 0 Å². The van der Waals surface area contributed by atoms with Crippen molar-refractivity contribution in [2.45, 2.75) is 25.9 Å². The standard InChI is InChI=1S/C14H17N3O2S/c1-2-12-13(18)15-4-5-17(12)7-11-9-20-14(16-11)10-3-6-19-8-10/h3,6,8-9,12H,2,4-5,7H2,1H3,(H,15,18)/t12-/m0/s1. The Morgan fingerprint density at radius 3 is 3.25 bits per heavy atom. The third kappa shape index (κ3) is 2.62. The molecule has 0 spiro atoms. The highest BCUT2D eigenvalue weighted by Crippen LogP contribution is 2.25. The molecular formula is C14H17N3O2S. The first kappa shape index (κ1) is 13.3. The maximum Gasteiger partial charge on any atom is 0.237 e. The van der Waals surface area contributed by atoms with Gasteiger partial charge < -0.3 is 9.73 Å². The van der Waals surface area contributed by atoms with Crippen molar-refractivity contribution in [2.24, 2.45) is 0 Å². The van der Waals surface area contributed by atoms with E-state index in [1.54, 1.807) is 23.9 Å². The molecule has 0 radical (unpaired) electrons. The van der Waals surface area contributed by atoms with E-state index in [9.17, 15) is 4.79 Å². The van der Waals surface area contributed by atoms with Gasteiger partial charge in [0, 0.05) is 30.6 Å². The predicted octanol–water partition coefficient (Wildman–Crippen LogP) is 2.11. The summed E-state index contributed by atoms with van der Waals surface area (Å²) in [7, 11) is 0. The van der Waals surface area contributed by atoms with E-state index in [1.807, 2.05) is 13.0 Å². The van der Waals surface area contributed by atoms with Crippen LogP contribution in [0.5, 0.6) is 0 Å². The van der Waals surface area contributed by atoms with Crippen molar-refractivity contribution in [2.75, 3.05) is 13.1 Å². The molecule has 0 aliphatic carbocycles. The number of amides is 1. The summed E-state index contributed by atoms with van der Waals surface area (Å²) in [5.74, 6) is 0.129. The molecule has 1 aliphatic heterocycles. The fraction of sp³-hybridized carbons (Fsp3) is 0.429. The molecule has 1 atom stereocenters. The maximum absolute atomic E-state index is 11.8. The molecular weight excluding hydrogens is 274 g/mol. The average Bonchev–Trinajstić information content (AvgIpc) is 3.09. The smallest absolute Gasteiger partial charge is 0.237 e.